The van der Waals surface area contributed by atoms with E-state index in [9.17, 15) is 0 Å². The number of hydrogen-bond donors (Lipinski definition) is 2. The molecule has 56 valence electrons. The normalized spacial score (nSPS) is 10.3. The van der Waals surface area contributed by atoms with Gasteiger partial charge in [-0.1, -0.05) is 0 Å². The number of H-pyrrole nitrogens is 2. The van der Waals surface area contributed by atoms with Crippen molar-refractivity contribution in [1.29, 1.82) is 0 Å². The first-order valence-electron chi connectivity index (χ1n) is 3.37. The van der Waals surface area contributed by atoms with Gasteiger partial charge in [0.2, 0.25) is 0 Å². The van der Waals surface area contributed by atoms with Gasteiger partial charge < -0.3 is 0 Å². The van der Waals surface area contributed by atoms with E-state index < -0.39 is 0 Å². The predicted octanol–water partition coefficient (Wildman–Crippen LogP) is 1.11. The van der Waals surface area contributed by atoms with E-state index in [2.05, 4.69) is 20.4 Å². The molecule has 0 fully saturated rings. The Morgan fingerprint density at radius 1 is 1.27 bits per heavy atom. The molecule has 2 N–H and O–H groups in total. The van der Waals surface area contributed by atoms with Crippen LogP contribution in [0.25, 0.3) is 11.1 Å². The lowest BCUT2D eigenvalue weighted by molar-refractivity contribution is 1.05. The number of aromatic amines is 2. The molecule has 0 spiro atoms. The van der Waals surface area contributed by atoms with Crippen molar-refractivity contribution in [1.82, 2.24) is 20.4 Å². The van der Waals surface area contributed by atoms with Crippen molar-refractivity contribution < 1.29 is 0 Å². The third kappa shape index (κ3) is 0.920. The van der Waals surface area contributed by atoms with Crippen LogP contribution in [0.3, 0.4) is 0 Å². The van der Waals surface area contributed by atoms with Crippen LogP contribution in [0.5, 0.6) is 0 Å². The first kappa shape index (κ1) is 6.15. The molecule has 0 bridgehead atoms. The maximum Gasteiger partial charge on any atom is 0.0569 e. The molecular formula is C7H8N4. The van der Waals surface area contributed by atoms with E-state index in [1.165, 1.54) is 0 Å². The highest BCUT2D eigenvalue weighted by molar-refractivity contribution is 5.62. The highest BCUT2D eigenvalue weighted by Crippen LogP contribution is 2.18. The molecule has 0 saturated carbocycles. The summed E-state index contributed by atoms with van der Waals surface area (Å²) in [6, 6.07) is 0. The van der Waals surface area contributed by atoms with Crippen molar-refractivity contribution in [3.05, 3.63) is 24.3 Å². The van der Waals surface area contributed by atoms with Crippen LogP contribution < -0.4 is 0 Å². The van der Waals surface area contributed by atoms with Gasteiger partial charge in [0.05, 0.1) is 12.4 Å². The van der Waals surface area contributed by atoms with Gasteiger partial charge in [-0.25, -0.2) is 0 Å². The average molecular weight is 148 g/mol. The van der Waals surface area contributed by atoms with Crippen molar-refractivity contribution in [2.24, 2.45) is 0 Å². The molecule has 0 amide bonds. The van der Waals surface area contributed by atoms with Crippen LogP contribution in [0.2, 0.25) is 0 Å². The smallest absolute Gasteiger partial charge is 0.0569 e. The van der Waals surface area contributed by atoms with Crippen LogP contribution in [0.1, 0.15) is 5.69 Å². The Morgan fingerprint density at radius 3 is 2.73 bits per heavy atom. The molecule has 4 nitrogen and oxygen atoms in total. The van der Waals surface area contributed by atoms with Crippen LogP contribution in [0, 0.1) is 6.92 Å². The summed E-state index contributed by atoms with van der Waals surface area (Å²) in [5.41, 5.74) is 3.22. The molecule has 0 aromatic carbocycles. The summed E-state index contributed by atoms with van der Waals surface area (Å²) in [5.74, 6) is 0. The lowest BCUT2D eigenvalue weighted by Gasteiger charge is -1.89. The highest BCUT2D eigenvalue weighted by Gasteiger charge is 2.02. The molecule has 0 aliphatic rings. The van der Waals surface area contributed by atoms with Gasteiger partial charge in [0.1, 0.15) is 0 Å². The van der Waals surface area contributed by atoms with E-state index in [0.717, 1.165) is 16.8 Å². The number of aryl methyl sites for hydroxylation is 1. The van der Waals surface area contributed by atoms with Crippen LogP contribution >= 0.6 is 0 Å². The second-order valence-electron chi connectivity index (χ2n) is 2.40. The van der Waals surface area contributed by atoms with Crippen molar-refractivity contribution >= 4 is 0 Å². The Hall–Kier alpha value is -1.58. The van der Waals surface area contributed by atoms with Gasteiger partial charge in [0.25, 0.3) is 0 Å². The SMILES string of the molecule is Cc1[nH]ncc1-c1cn[nH]c1. The van der Waals surface area contributed by atoms with E-state index >= 15 is 0 Å². The molecular weight excluding hydrogens is 140 g/mol. The summed E-state index contributed by atoms with van der Waals surface area (Å²) in [7, 11) is 0. The van der Waals surface area contributed by atoms with E-state index in [-0.39, 0.29) is 0 Å². The van der Waals surface area contributed by atoms with Gasteiger partial charge >= 0.3 is 0 Å². The molecule has 2 aromatic rings. The monoisotopic (exact) mass is 148 g/mol. The highest BCUT2D eigenvalue weighted by atomic mass is 15.1. The van der Waals surface area contributed by atoms with E-state index in [1.54, 1.807) is 12.4 Å². The zero-order chi connectivity index (χ0) is 7.68. The Bertz CT molecular complexity index is 333. The summed E-state index contributed by atoms with van der Waals surface area (Å²) in [6.45, 7) is 1.98. The summed E-state index contributed by atoms with van der Waals surface area (Å²) in [4.78, 5) is 0. The molecule has 2 aromatic heterocycles. The van der Waals surface area contributed by atoms with Crippen LogP contribution in [-0.4, -0.2) is 20.4 Å². The number of rotatable bonds is 1. The van der Waals surface area contributed by atoms with Crippen molar-refractivity contribution in [3.63, 3.8) is 0 Å². The zero-order valence-electron chi connectivity index (χ0n) is 6.13. The molecule has 0 unspecified atom stereocenters. The number of hydrogen-bond acceptors (Lipinski definition) is 2. The zero-order valence-corrected chi connectivity index (χ0v) is 6.13. The minimum Gasteiger partial charge on any atom is -0.285 e. The number of aromatic nitrogens is 4. The van der Waals surface area contributed by atoms with Crippen LogP contribution in [0.15, 0.2) is 18.6 Å². The molecule has 0 aliphatic heterocycles. The van der Waals surface area contributed by atoms with Crippen molar-refractivity contribution in [2.45, 2.75) is 6.92 Å². The van der Waals surface area contributed by atoms with E-state index in [4.69, 9.17) is 0 Å². The minimum absolute atomic E-state index is 1.06. The Morgan fingerprint density at radius 2 is 2.18 bits per heavy atom. The minimum atomic E-state index is 1.06. The average Bonchev–Trinajstić information content (AvgIpc) is 2.55. The molecule has 11 heavy (non-hydrogen) atoms. The third-order valence-corrected chi connectivity index (χ3v) is 1.64. The number of nitrogens with zero attached hydrogens (tertiary/aromatic N) is 2. The first-order chi connectivity index (χ1) is 5.38. The fourth-order valence-corrected chi connectivity index (χ4v) is 1.04. The Labute approximate surface area is 63.6 Å². The Balaban J connectivity index is 2.53. The molecule has 4 heteroatoms. The molecule has 2 heterocycles. The van der Waals surface area contributed by atoms with E-state index in [1.807, 2.05) is 13.1 Å². The lowest BCUT2D eigenvalue weighted by Crippen LogP contribution is -1.74. The summed E-state index contributed by atoms with van der Waals surface area (Å²) in [5, 5.41) is 13.4. The van der Waals surface area contributed by atoms with Crippen LogP contribution in [-0.2, 0) is 0 Å². The second kappa shape index (κ2) is 2.23. The molecule has 0 saturated heterocycles. The number of nitrogens with one attached hydrogen (secondary N) is 2. The van der Waals surface area contributed by atoms with Gasteiger partial charge in [0, 0.05) is 23.0 Å². The second-order valence-corrected chi connectivity index (χ2v) is 2.40. The van der Waals surface area contributed by atoms with Crippen LogP contribution in [0.4, 0.5) is 0 Å². The lowest BCUT2D eigenvalue weighted by atomic mass is 10.1. The fraction of sp³-hybridized carbons (Fsp3) is 0.143. The van der Waals surface area contributed by atoms with Crippen molar-refractivity contribution in [3.8, 4) is 11.1 Å². The quantitative estimate of drug-likeness (QED) is 0.636. The standard InChI is InChI=1S/C7H8N4/c1-5-7(4-10-11-5)6-2-8-9-3-6/h2-4H,1H3,(H,8,9)(H,10,11). The predicted molar refractivity (Wildman–Crippen MR) is 40.9 cm³/mol. The maximum absolute atomic E-state index is 3.91. The molecule has 0 radical (unpaired) electrons. The summed E-state index contributed by atoms with van der Waals surface area (Å²) >= 11 is 0. The van der Waals surface area contributed by atoms with Crippen molar-refractivity contribution in [2.75, 3.05) is 0 Å². The van der Waals surface area contributed by atoms with Gasteiger partial charge in [-0.2, -0.15) is 10.2 Å². The molecule has 0 aliphatic carbocycles. The van der Waals surface area contributed by atoms with Gasteiger partial charge in [-0.05, 0) is 6.92 Å². The van der Waals surface area contributed by atoms with Gasteiger partial charge in [0.15, 0.2) is 0 Å². The Kier molecular flexibility index (Phi) is 1.25. The molecule has 2 rings (SSSR count). The summed E-state index contributed by atoms with van der Waals surface area (Å²) < 4.78 is 0. The first-order valence-corrected chi connectivity index (χ1v) is 3.37. The topological polar surface area (TPSA) is 57.4 Å². The van der Waals surface area contributed by atoms with Gasteiger partial charge in [-0.15, -0.1) is 0 Å². The third-order valence-electron chi connectivity index (χ3n) is 1.64. The molecule has 0 atom stereocenters. The van der Waals surface area contributed by atoms with E-state index in [0.29, 0.717) is 0 Å². The van der Waals surface area contributed by atoms with Gasteiger partial charge in [-0.3, -0.25) is 10.2 Å². The summed E-state index contributed by atoms with van der Waals surface area (Å²) in [6.07, 6.45) is 5.41. The largest absolute Gasteiger partial charge is 0.285 e. The fourth-order valence-electron chi connectivity index (χ4n) is 1.04. The maximum atomic E-state index is 3.91.